The number of hydrogen-bond acceptors (Lipinski definition) is 7. The first kappa shape index (κ1) is 77.2. The van der Waals surface area contributed by atoms with Crippen molar-refractivity contribution < 1.29 is 42.9 Å². The van der Waals surface area contributed by atoms with Crippen LogP contribution in [0, 0.1) is 0 Å². The maximum absolute atomic E-state index is 12.9. The number of hydrogen-bond donors (Lipinski definition) is 1. The fraction of sp³-hybridized carbons (Fsp3) is 0.845. The van der Waals surface area contributed by atoms with Crippen molar-refractivity contribution in [2.24, 2.45) is 0 Å². The molecule has 2 atom stereocenters. The standard InChI is InChI=1S/C71H131NO8/c1-6-8-10-12-14-16-18-20-22-23-24-25-26-27-28-29-30-31-32-33-34-35-36-37-38-39-40-41-42-43-44-45-46-47-48-50-52-54-56-58-60-62-69(74)80-67(66-79-71(70(75)76)77-64-63-72(3,4)5)65-78-68(73)61-59-57-55-53-51-49-21-19-17-15-13-11-9-7-2/h8,10,14,16,20,22,24-25,67,71H,6-7,9,11-13,15,17-19,21,23,26-66H2,1-5H3/p+1/b10-8-,16-14-,22-20-,25-24-. The third-order valence-electron chi connectivity index (χ3n) is 15.3. The largest absolute Gasteiger partial charge is 0.477 e. The molecule has 0 radical (unpaired) electrons. The zero-order valence-electron chi connectivity index (χ0n) is 53.5. The number of nitrogens with zero attached hydrogens (tertiary/aromatic N) is 1. The number of carbonyl (C=O) groups is 3. The number of aliphatic carboxylic acids is 1. The number of carboxylic acid groups (broad SMARTS) is 1. The quantitative estimate of drug-likeness (QED) is 0.0211. The van der Waals surface area contributed by atoms with Gasteiger partial charge in [-0.1, -0.05) is 313 Å². The summed E-state index contributed by atoms with van der Waals surface area (Å²) in [5.41, 5.74) is 0. The van der Waals surface area contributed by atoms with Gasteiger partial charge < -0.3 is 28.5 Å². The summed E-state index contributed by atoms with van der Waals surface area (Å²) < 4.78 is 22.9. The molecule has 0 saturated carbocycles. The van der Waals surface area contributed by atoms with E-state index in [9.17, 15) is 19.5 Å². The molecule has 0 aliphatic heterocycles. The summed E-state index contributed by atoms with van der Waals surface area (Å²) >= 11 is 0. The molecule has 0 aromatic heterocycles. The minimum atomic E-state index is -1.51. The van der Waals surface area contributed by atoms with Gasteiger partial charge in [0.2, 0.25) is 0 Å². The van der Waals surface area contributed by atoms with Gasteiger partial charge in [0.05, 0.1) is 34.4 Å². The highest BCUT2D eigenvalue weighted by Crippen LogP contribution is 2.19. The van der Waals surface area contributed by atoms with Crippen molar-refractivity contribution >= 4 is 17.9 Å². The van der Waals surface area contributed by atoms with Crippen LogP contribution in [0.4, 0.5) is 0 Å². The molecule has 1 N–H and O–H groups in total. The molecule has 468 valence electrons. The number of ether oxygens (including phenoxy) is 4. The second kappa shape index (κ2) is 62.3. The summed E-state index contributed by atoms with van der Waals surface area (Å²) in [6.45, 7) is 4.81. The Morgan fingerprint density at radius 3 is 1.06 bits per heavy atom. The first-order valence-electron chi connectivity index (χ1n) is 34.3. The molecule has 0 bridgehead atoms. The Morgan fingerprint density at radius 2 is 0.713 bits per heavy atom. The molecular weight excluding hydrogens is 995 g/mol. The average Bonchev–Trinajstić information content (AvgIpc) is 3.43. The second-order valence-corrected chi connectivity index (χ2v) is 24.5. The molecule has 0 rings (SSSR count). The molecule has 2 unspecified atom stereocenters. The highest BCUT2D eigenvalue weighted by atomic mass is 16.7. The van der Waals surface area contributed by atoms with Crippen molar-refractivity contribution in [1.82, 2.24) is 0 Å². The third kappa shape index (κ3) is 62.8. The van der Waals surface area contributed by atoms with E-state index in [0.717, 1.165) is 64.2 Å². The maximum atomic E-state index is 12.9. The Labute approximate surface area is 495 Å². The van der Waals surface area contributed by atoms with E-state index in [0.29, 0.717) is 17.4 Å². The third-order valence-corrected chi connectivity index (χ3v) is 15.3. The molecule has 0 aromatic rings. The van der Waals surface area contributed by atoms with E-state index in [4.69, 9.17) is 18.9 Å². The van der Waals surface area contributed by atoms with E-state index in [-0.39, 0.29) is 38.2 Å². The molecule has 9 heteroatoms. The van der Waals surface area contributed by atoms with Crippen LogP contribution in [0.2, 0.25) is 0 Å². The van der Waals surface area contributed by atoms with E-state index >= 15 is 0 Å². The molecule has 0 fully saturated rings. The van der Waals surface area contributed by atoms with E-state index in [1.165, 1.54) is 238 Å². The van der Waals surface area contributed by atoms with Crippen LogP contribution in [0.3, 0.4) is 0 Å². The Balaban J connectivity index is 3.89. The summed E-state index contributed by atoms with van der Waals surface area (Å²) in [5, 5.41) is 9.71. The summed E-state index contributed by atoms with van der Waals surface area (Å²) in [6.07, 6.45) is 76.8. The molecule has 9 nitrogen and oxygen atoms in total. The lowest BCUT2D eigenvalue weighted by Gasteiger charge is -2.25. The molecule has 0 aliphatic rings. The first-order valence-corrected chi connectivity index (χ1v) is 34.3. The first-order chi connectivity index (χ1) is 39.1. The van der Waals surface area contributed by atoms with Crippen molar-refractivity contribution in [3.63, 3.8) is 0 Å². The van der Waals surface area contributed by atoms with E-state index in [1.54, 1.807) is 0 Å². The van der Waals surface area contributed by atoms with Crippen LogP contribution < -0.4 is 0 Å². The number of likely N-dealkylation sites (N-methyl/N-ethyl adjacent to an activating group) is 1. The van der Waals surface area contributed by atoms with Gasteiger partial charge in [-0.25, -0.2) is 4.79 Å². The highest BCUT2D eigenvalue weighted by molar-refractivity contribution is 5.71. The van der Waals surface area contributed by atoms with E-state index < -0.39 is 18.4 Å². The smallest absolute Gasteiger partial charge is 0.361 e. The predicted octanol–water partition coefficient (Wildman–Crippen LogP) is 21.0. The summed E-state index contributed by atoms with van der Waals surface area (Å²) in [5.74, 6) is -1.98. The van der Waals surface area contributed by atoms with Crippen LogP contribution >= 0.6 is 0 Å². The topological polar surface area (TPSA) is 108 Å². The molecule has 0 spiro atoms. The Morgan fingerprint density at radius 1 is 0.388 bits per heavy atom. The number of unbranched alkanes of at least 4 members (excludes halogenated alkanes) is 41. The van der Waals surface area contributed by atoms with Gasteiger partial charge in [0.25, 0.3) is 6.29 Å². The van der Waals surface area contributed by atoms with Crippen molar-refractivity contribution in [2.75, 3.05) is 47.5 Å². The lowest BCUT2D eigenvalue weighted by atomic mass is 10.0. The van der Waals surface area contributed by atoms with Crippen molar-refractivity contribution in [3.05, 3.63) is 48.6 Å². The second-order valence-electron chi connectivity index (χ2n) is 24.5. The number of carboxylic acids is 1. The average molecular weight is 1130 g/mol. The van der Waals surface area contributed by atoms with Crippen LogP contribution in [-0.2, 0) is 33.3 Å². The number of allylic oxidation sites excluding steroid dienone is 8. The van der Waals surface area contributed by atoms with Crippen LogP contribution in [0.1, 0.15) is 328 Å². The number of carbonyl (C=O) groups excluding carboxylic acids is 2. The number of esters is 2. The molecule has 0 amide bonds. The van der Waals surface area contributed by atoms with Crippen molar-refractivity contribution in [3.8, 4) is 0 Å². The number of quaternary nitrogens is 1. The summed E-state index contributed by atoms with van der Waals surface area (Å²) in [4.78, 5) is 37.5. The van der Waals surface area contributed by atoms with Gasteiger partial charge >= 0.3 is 17.9 Å². The van der Waals surface area contributed by atoms with Gasteiger partial charge in [0.1, 0.15) is 13.2 Å². The van der Waals surface area contributed by atoms with Gasteiger partial charge in [0.15, 0.2) is 6.10 Å². The Bertz CT molecular complexity index is 1450. The molecular formula is C71H132NO8+. The maximum Gasteiger partial charge on any atom is 0.361 e. The van der Waals surface area contributed by atoms with E-state index in [1.807, 2.05) is 21.1 Å². The Kier molecular flexibility index (Phi) is 60.2. The fourth-order valence-electron chi connectivity index (χ4n) is 10.1. The lowest BCUT2D eigenvalue weighted by Crippen LogP contribution is -2.40. The van der Waals surface area contributed by atoms with E-state index in [2.05, 4.69) is 62.5 Å². The molecule has 0 saturated heterocycles. The SMILES string of the molecule is CC/C=C\C/C=C\C/C=C\C/C=C\CCCCCCCCCCCCCCCCCCCCCCCCCCCCCCC(=O)OC(COC(=O)CCCCCCCCCCCCCCCC)COC(OCC[N+](C)(C)C)C(=O)O. The minimum absolute atomic E-state index is 0.175. The molecule has 0 heterocycles. The Hall–Kier alpha value is -2.75. The normalized spacial score (nSPS) is 13.0. The zero-order chi connectivity index (χ0) is 58.3. The van der Waals surface area contributed by atoms with Crippen molar-refractivity contribution in [1.29, 1.82) is 0 Å². The highest BCUT2D eigenvalue weighted by Gasteiger charge is 2.25. The fourth-order valence-corrected chi connectivity index (χ4v) is 10.1. The summed E-state index contributed by atoms with van der Waals surface area (Å²) in [6, 6.07) is 0. The van der Waals surface area contributed by atoms with Gasteiger partial charge in [-0.2, -0.15) is 0 Å². The van der Waals surface area contributed by atoms with Gasteiger partial charge in [-0.15, -0.1) is 0 Å². The van der Waals surface area contributed by atoms with Crippen LogP contribution in [0.15, 0.2) is 48.6 Å². The predicted molar refractivity (Wildman–Crippen MR) is 341 cm³/mol. The summed E-state index contributed by atoms with van der Waals surface area (Å²) in [7, 11) is 5.98. The van der Waals surface area contributed by atoms with Crippen LogP contribution in [-0.4, -0.2) is 87.4 Å². The molecule has 0 aliphatic carbocycles. The zero-order valence-corrected chi connectivity index (χ0v) is 53.5. The minimum Gasteiger partial charge on any atom is -0.477 e. The molecule has 80 heavy (non-hydrogen) atoms. The van der Waals surface area contributed by atoms with Crippen molar-refractivity contribution in [2.45, 2.75) is 341 Å². The number of rotatable bonds is 64. The van der Waals surface area contributed by atoms with Crippen LogP contribution in [0.25, 0.3) is 0 Å². The van der Waals surface area contributed by atoms with Gasteiger partial charge in [-0.05, 0) is 51.4 Å². The van der Waals surface area contributed by atoms with Crippen LogP contribution in [0.5, 0.6) is 0 Å². The van der Waals surface area contributed by atoms with Gasteiger partial charge in [-0.3, -0.25) is 9.59 Å². The lowest BCUT2D eigenvalue weighted by molar-refractivity contribution is -0.870. The van der Waals surface area contributed by atoms with Gasteiger partial charge in [0, 0.05) is 12.8 Å². The monoisotopic (exact) mass is 1130 g/mol. The molecule has 0 aromatic carbocycles.